The van der Waals surface area contributed by atoms with Crippen LogP contribution in [0.1, 0.15) is 39.2 Å². The Hall–Kier alpha value is -2.59. The lowest BCUT2D eigenvalue weighted by Gasteiger charge is -2.34. The highest BCUT2D eigenvalue weighted by molar-refractivity contribution is 5.85. The first kappa shape index (κ1) is 29.0. The smallest absolute Gasteiger partial charge is 0.163 e. The van der Waals surface area contributed by atoms with Crippen LogP contribution in [-0.4, -0.2) is 83.6 Å². The average molecular weight is 531 g/mol. The van der Waals surface area contributed by atoms with E-state index < -0.39 is 0 Å². The zero-order valence-corrected chi connectivity index (χ0v) is 22.3. The molecule has 9 nitrogen and oxygen atoms in total. The fraction of sp³-hybridized carbons (Fsp3) is 0.556. The maximum atomic E-state index is 10.3. The van der Waals surface area contributed by atoms with Crippen LogP contribution >= 0.6 is 12.4 Å². The predicted octanol–water partition coefficient (Wildman–Crippen LogP) is 3.79. The van der Waals surface area contributed by atoms with Gasteiger partial charge in [0.25, 0.3) is 0 Å². The zero-order chi connectivity index (χ0) is 24.4. The summed E-state index contributed by atoms with van der Waals surface area (Å²) in [6.45, 7) is 10.9. The Bertz CT molecular complexity index is 1130. The van der Waals surface area contributed by atoms with Crippen molar-refractivity contribution in [1.29, 1.82) is 0 Å². The Balaban J connectivity index is 0.00000190. The number of benzene rings is 1. The van der Waals surface area contributed by atoms with Crippen LogP contribution in [0, 0.1) is 5.92 Å². The summed E-state index contributed by atoms with van der Waals surface area (Å²) in [5.41, 5.74) is 4.24. The molecule has 4 N–H and O–H groups in total. The minimum Gasteiger partial charge on any atom is -0.391 e. The molecule has 5 rings (SSSR count). The number of hydrogen-bond donors (Lipinski definition) is 4. The molecular formula is C27H43ClN8O. The minimum absolute atomic E-state index is 0. The summed E-state index contributed by atoms with van der Waals surface area (Å²) in [6, 6.07) is 10.6. The first-order valence-corrected chi connectivity index (χ1v) is 12.8. The molecule has 3 aromatic rings. The van der Waals surface area contributed by atoms with Crippen LogP contribution in [0.25, 0.3) is 5.65 Å². The van der Waals surface area contributed by atoms with Crippen molar-refractivity contribution >= 4 is 41.1 Å². The van der Waals surface area contributed by atoms with E-state index in [0.29, 0.717) is 19.0 Å². The second-order valence-corrected chi connectivity index (χ2v) is 10.2. The second-order valence-electron chi connectivity index (χ2n) is 10.2. The topological polar surface area (TPSA) is 93.0 Å². The first-order valence-electron chi connectivity index (χ1n) is 12.8. The van der Waals surface area contributed by atoms with E-state index >= 15 is 0 Å². The number of piperazine rings is 1. The highest BCUT2D eigenvalue weighted by Gasteiger charge is 2.23. The van der Waals surface area contributed by atoms with Crippen molar-refractivity contribution in [2.24, 2.45) is 5.92 Å². The van der Waals surface area contributed by atoms with Gasteiger partial charge < -0.3 is 30.9 Å². The second kappa shape index (κ2) is 12.8. The maximum Gasteiger partial charge on any atom is 0.163 e. The van der Waals surface area contributed by atoms with Crippen molar-refractivity contribution < 1.29 is 5.11 Å². The van der Waals surface area contributed by atoms with E-state index in [9.17, 15) is 5.11 Å². The van der Waals surface area contributed by atoms with E-state index in [1.807, 2.05) is 16.8 Å². The number of halogens is 1. The summed E-state index contributed by atoms with van der Waals surface area (Å²) in [5, 5.41) is 25.3. The van der Waals surface area contributed by atoms with E-state index in [1.54, 1.807) is 0 Å². The molecule has 37 heavy (non-hydrogen) atoms. The fourth-order valence-electron chi connectivity index (χ4n) is 4.91. The van der Waals surface area contributed by atoms with Crippen molar-refractivity contribution in [2.45, 2.75) is 39.7 Å². The number of rotatable bonds is 7. The quantitative estimate of drug-likeness (QED) is 0.367. The molecule has 2 aromatic heterocycles. The van der Waals surface area contributed by atoms with Crippen LogP contribution in [-0.2, 0) is 0 Å². The van der Waals surface area contributed by atoms with Gasteiger partial charge in [0, 0.05) is 68.2 Å². The molecule has 2 atom stereocenters. The van der Waals surface area contributed by atoms with Gasteiger partial charge in [-0.25, -0.2) is 4.98 Å². The minimum atomic E-state index is -0.336. The predicted molar refractivity (Wildman–Crippen MR) is 156 cm³/mol. The number of piperidine rings is 1. The van der Waals surface area contributed by atoms with Gasteiger partial charge in [-0.15, -0.1) is 12.4 Å². The Morgan fingerprint density at radius 1 is 1.14 bits per heavy atom. The summed E-state index contributed by atoms with van der Waals surface area (Å²) in [4.78, 5) is 9.70. The van der Waals surface area contributed by atoms with Gasteiger partial charge in [0.05, 0.1) is 12.3 Å². The molecule has 0 radical (unpaired) electrons. The number of hydrogen-bond acceptors (Lipinski definition) is 8. The van der Waals surface area contributed by atoms with Crippen LogP contribution in [0.4, 0.5) is 23.0 Å². The molecule has 2 fully saturated rings. The number of aromatic nitrogens is 3. The molecule has 0 amide bonds. The third-order valence-corrected chi connectivity index (χ3v) is 7.26. The van der Waals surface area contributed by atoms with Gasteiger partial charge in [-0.2, -0.15) is 9.61 Å². The third kappa shape index (κ3) is 6.65. The third-order valence-electron chi connectivity index (χ3n) is 7.26. The summed E-state index contributed by atoms with van der Waals surface area (Å²) in [6.07, 6.45) is 2.53. The molecule has 10 heteroatoms. The van der Waals surface area contributed by atoms with Crippen molar-refractivity contribution in [2.75, 3.05) is 68.4 Å². The Kier molecular flexibility index (Phi) is 10.0. The lowest BCUT2D eigenvalue weighted by atomic mass is 9.95. The molecule has 1 aromatic carbocycles. The first-order chi connectivity index (χ1) is 17.0. The largest absolute Gasteiger partial charge is 0.391 e. The highest BCUT2D eigenvalue weighted by Crippen LogP contribution is 2.27. The number of nitrogens with one attached hydrogen (secondary N) is 3. The number of anilines is 4. The lowest BCUT2D eigenvalue weighted by Crippen LogP contribution is -2.44. The number of aliphatic hydroxyl groups excluding tert-OH is 1. The van der Waals surface area contributed by atoms with Crippen LogP contribution < -0.4 is 20.9 Å². The zero-order valence-electron chi connectivity index (χ0n) is 21.4. The lowest BCUT2D eigenvalue weighted by molar-refractivity contribution is 0.0883. The van der Waals surface area contributed by atoms with Crippen molar-refractivity contribution in [3.8, 4) is 0 Å². The van der Waals surface area contributed by atoms with Gasteiger partial charge in [-0.05, 0) is 50.2 Å². The average Bonchev–Trinajstić information content (AvgIpc) is 3.29. The Labute approximate surface area is 227 Å². The van der Waals surface area contributed by atoms with Gasteiger partial charge in [0.15, 0.2) is 5.65 Å². The van der Waals surface area contributed by atoms with E-state index in [2.05, 4.69) is 76.0 Å². The molecule has 2 aliphatic heterocycles. The monoisotopic (exact) mass is 530 g/mol. The van der Waals surface area contributed by atoms with E-state index in [1.165, 1.54) is 5.69 Å². The molecular weight excluding hydrogens is 488 g/mol. The number of fused-ring (bicyclic) bond motifs is 1. The van der Waals surface area contributed by atoms with Crippen LogP contribution in [0.3, 0.4) is 0 Å². The summed E-state index contributed by atoms with van der Waals surface area (Å²) >= 11 is 0. The maximum absolute atomic E-state index is 10.3. The van der Waals surface area contributed by atoms with Crippen molar-refractivity contribution in [1.82, 2.24) is 24.8 Å². The summed E-state index contributed by atoms with van der Waals surface area (Å²) in [5.74, 6) is 2.18. The molecule has 204 valence electrons. The van der Waals surface area contributed by atoms with Crippen LogP contribution in [0.5, 0.6) is 0 Å². The summed E-state index contributed by atoms with van der Waals surface area (Å²) in [7, 11) is 2.18. The van der Waals surface area contributed by atoms with E-state index in [4.69, 9.17) is 4.98 Å². The van der Waals surface area contributed by atoms with Crippen molar-refractivity contribution in [3.63, 3.8) is 0 Å². The normalized spacial score (nSPS) is 20.4. The Morgan fingerprint density at radius 2 is 1.86 bits per heavy atom. The molecule has 0 saturated carbocycles. The molecule has 2 saturated heterocycles. The standard InChI is InChI=1S/C26H38N8O.CH4.ClH/c1-18(2)22-16-29-34-25(14-24(31-26(22)34)28-15-19-8-9-27-17-23(19)35)30-20-4-6-21(7-5-20)33-12-10-32(3)11-13-33;;/h4-7,14,16,18-19,23,27,30,35H,8-13,15,17H2,1-3H3,(H,28,31);1H4;1H/t19-,23+;;/m1../s1. The molecule has 2 aliphatic rings. The number of likely N-dealkylation sites (N-methyl/N-ethyl adjacent to an activating group) is 1. The molecule has 0 unspecified atom stereocenters. The fourth-order valence-corrected chi connectivity index (χ4v) is 4.91. The van der Waals surface area contributed by atoms with Gasteiger partial charge >= 0.3 is 0 Å². The Morgan fingerprint density at radius 3 is 2.54 bits per heavy atom. The SMILES string of the molecule is C.CC(C)c1cnn2c(Nc3ccc(N4CCN(C)CC4)cc3)cc(NC[C@H]3CCNC[C@@H]3O)nc12.Cl. The molecule has 4 heterocycles. The number of nitrogens with zero attached hydrogens (tertiary/aromatic N) is 5. The van der Waals surface area contributed by atoms with Gasteiger partial charge in [-0.3, -0.25) is 0 Å². The van der Waals surface area contributed by atoms with E-state index in [0.717, 1.165) is 67.7 Å². The van der Waals surface area contributed by atoms with Crippen molar-refractivity contribution in [3.05, 3.63) is 42.1 Å². The van der Waals surface area contributed by atoms with Gasteiger partial charge in [0.2, 0.25) is 0 Å². The number of β-amino-alcohol motifs (C(OH)–C–C–N with tert-alkyl or cyclic N) is 1. The molecule has 0 aliphatic carbocycles. The van der Waals surface area contributed by atoms with Crippen LogP contribution in [0.15, 0.2) is 36.5 Å². The van der Waals surface area contributed by atoms with Gasteiger partial charge in [-0.1, -0.05) is 21.3 Å². The highest BCUT2D eigenvalue weighted by atomic mass is 35.5. The van der Waals surface area contributed by atoms with Crippen LogP contribution in [0.2, 0.25) is 0 Å². The summed E-state index contributed by atoms with van der Waals surface area (Å²) < 4.78 is 1.88. The molecule has 0 bridgehead atoms. The molecule has 0 spiro atoms. The number of aliphatic hydroxyl groups is 1. The van der Waals surface area contributed by atoms with E-state index in [-0.39, 0.29) is 31.9 Å². The van der Waals surface area contributed by atoms with Gasteiger partial charge in [0.1, 0.15) is 11.6 Å².